The van der Waals surface area contributed by atoms with Gasteiger partial charge < -0.3 is 19.5 Å². The number of halogens is 2. The lowest BCUT2D eigenvalue weighted by atomic mass is 9.92. The number of carboxylic acid groups (broad SMARTS) is 1. The summed E-state index contributed by atoms with van der Waals surface area (Å²) in [6.45, 7) is 5.99. The quantitative estimate of drug-likeness (QED) is 0.0927. The Morgan fingerprint density at radius 3 is 2.73 bits per heavy atom. The lowest BCUT2D eigenvalue weighted by molar-refractivity contribution is -0.141. The minimum absolute atomic E-state index is 0.0284. The zero-order valence-corrected chi connectivity index (χ0v) is 28.7. The van der Waals surface area contributed by atoms with Crippen molar-refractivity contribution in [1.82, 2.24) is 19.9 Å². The van der Waals surface area contributed by atoms with E-state index >= 15 is 0 Å². The maximum atomic E-state index is 14.2. The molecule has 0 aliphatic carbocycles. The number of methoxy groups -OCH3 is 1. The Kier molecular flexibility index (Phi) is 10.9. The molecule has 2 aliphatic rings. The van der Waals surface area contributed by atoms with Crippen molar-refractivity contribution in [2.24, 2.45) is 10.9 Å². The van der Waals surface area contributed by atoms with E-state index < -0.39 is 30.4 Å². The number of fused-ring (bicyclic) bond motifs is 2. The first-order chi connectivity index (χ1) is 24.7. The maximum Gasteiger partial charge on any atom is 0.307 e. The summed E-state index contributed by atoms with van der Waals surface area (Å²) < 4.78 is 39.9. The molecule has 4 heterocycles. The molecule has 264 valence electrons. The molecule has 2 aromatic carbocycles. The van der Waals surface area contributed by atoms with Crippen LogP contribution in [0.15, 0.2) is 65.9 Å². The third-order valence-electron chi connectivity index (χ3n) is 9.25. The Hall–Kier alpha value is -5.32. The highest BCUT2D eigenvalue weighted by Crippen LogP contribution is 2.42. The molecule has 0 bridgehead atoms. The normalized spacial score (nSPS) is 17.0. The first-order valence-electron chi connectivity index (χ1n) is 16.9. The highest BCUT2D eigenvalue weighted by molar-refractivity contribution is 5.98. The molecule has 2 aromatic heterocycles. The van der Waals surface area contributed by atoms with Crippen LogP contribution >= 0.6 is 0 Å². The standard InChI is InChI=1S/C38H39F2N7O4/c1-4-5-16-42-37(51-32(50-3)12-15-41)27-9-6-8-26(23(27)2)28-10-7-11-31-29(28)14-18-47(31)36-33-30(44-35(45-36)34(39)40)19-24(20-43-33)21-46-17-13-25(22-46)38(48)49/h5-11,16,19-20,25,32,34H,4,12-14,17-18,21-22H2,1-3H3,(H,48,49)/b16-5+,42-37-/t25-,32?/m1/s1. The van der Waals surface area contributed by atoms with Crippen LogP contribution in [0.1, 0.15) is 60.7 Å². The first-order valence-corrected chi connectivity index (χ1v) is 16.9. The average Bonchev–Trinajstić information content (AvgIpc) is 3.78. The number of carbonyl (C=O) groups is 1. The van der Waals surface area contributed by atoms with Gasteiger partial charge in [-0.15, -0.1) is 0 Å². The summed E-state index contributed by atoms with van der Waals surface area (Å²) >= 11 is 0. The van der Waals surface area contributed by atoms with Crippen LogP contribution in [0.25, 0.3) is 22.2 Å². The van der Waals surface area contributed by atoms with Crippen LogP contribution in [0.4, 0.5) is 20.3 Å². The van der Waals surface area contributed by atoms with E-state index in [0.717, 1.165) is 45.5 Å². The Morgan fingerprint density at radius 1 is 1.20 bits per heavy atom. The molecule has 1 fully saturated rings. The van der Waals surface area contributed by atoms with Crippen molar-refractivity contribution in [2.45, 2.75) is 58.8 Å². The van der Waals surface area contributed by atoms with Gasteiger partial charge in [-0.2, -0.15) is 5.26 Å². The van der Waals surface area contributed by atoms with E-state index in [-0.39, 0.29) is 6.42 Å². The number of aromatic nitrogens is 3. The fourth-order valence-corrected chi connectivity index (χ4v) is 6.70. The molecule has 51 heavy (non-hydrogen) atoms. The number of nitriles is 1. The molecule has 4 aromatic rings. The van der Waals surface area contributed by atoms with Gasteiger partial charge in [-0.1, -0.05) is 37.3 Å². The van der Waals surface area contributed by atoms with Crippen LogP contribution in [-0.2, 0) is 27.2 Å². The minimum Gasteiger partial charge on any atom is -0.481 e. The molecule has 1 unspecified atom stereocenters. The van der Waals surface area contributed by atoms with E-state index in [1.165, 1.54) is 7.11 Å². The smallest absolute Gasteiger partial charge is 0.307 e. The van der Waals surface area contributed by atoms with Gasteiger partial charge in [-0.25, -0.2) is 23.7 Å². The average molecular weight is 696 g/mol. The Bertz CT molecular complexity index is 2030. The molecule has 2 atom stereocenters. The summed E-state index contributed by atoms with van der Waals surface area (Å²) in [5, 5.41) is 18.6. The summed E-state index contributed by atoms with van der Waals surface area (Å²) in [7, 11) is 1.48. The second-order valence-corrected chi connectivity index (χ2v) is 12.5. The van der Waals surface area contributed by atoms with Gasteiger partial charge in [0.15, 0.2) is 11.6 Å². The number of pyridine rings is 1. The number of likely N-dealkylation sites (tertiary alicyclic amines) is 1. The summed E-state index contributed by atoms with van der Waals surface area (Å²) in [5.41, 5.74) is 6.94. The first kappa shape index (κ1) is 35.5. The van der Waals surface area contributed by atoms with Crippen LogP contribution < -0.4 is 4.90 Å². The number of aliphatic carboxylic acids is 1. The Morgan fingerprint density at radius 2 is 2.00 bits per heavy atom. The minimum atomic E-state index is -2.89. The van der Waals surface area contributed by atoms with Crippen LogP contribution in [0, 0.1) is 24.2 Å². The van der Waals surface area contributed by atoms with Gasteiger partial charge in [0.25, 0.3) is 6.43 Å². The molecule has 0 spiro atoms. The second kappa shape index (κ2) is 15.7. The van der Waals surface area contributed by atoms with Crippen LogP contribution in [-0.4, -0.2) is 69.9 Å². The fourth-order valence-electron chi connectivity index (χ4n) is 6.70. The van der Waals surface area contributed by atoms with Crippen molar-refractivity contribution in [3.05, 3.63) is 89.0 Å². The Labute approximate surface area is 294 Å². The maximum absolute atomic E-state index is 14.2. The molecule has 0 radical (unpaired) electrons. The predicted octanol–water partition coefficient (Wildman–Crippen LogP) is 7.11. The molecular formula is C38H39F2N7O4. The molecule has 1 saturated heterocycles. The van der Waals surface area contributed by atoms with Crippen LogP contribution in [0.3, 0.4) is 0 Å². The van der Waals surface area contributed by atoms with Gasteiger partial charge in [0, 0.05) is 50.4 Å². The number of hydrogen-bond donors (Lipinski definition) is 1. The van der Waals surface area contributed by atoms with Crippen molar-refractivity contribution < 1.29 is 28.2 Å². The van der Waals surface area contributed by atoms with E-state index in [2.05, 4.69) is 26.0 Å². The second-order valence-electron chi connectivity index (χ2n) is 12.5. The summed E-state index contributed by atoms with van der Waals surface area (Å²) in [6.07, 6.45) is 3.60. The highest BCUT2D eigenvalue weighted by Gasteiger charge is 2.30. The van der Waals surface area contributed by atoms with Gasteiger partial charge in [-0.3, -0.25) is 14.7 Å². The number of benzene rings is 2. The number of carboxylic acids is 1. The van der Waals surface area contributed by atoms with E-state index in [4.69, 9.17) is 9.47 Å². The molecular weight excluding hydrogens is 656 g/mol. The van der Waals surface area contributed by atoms with Gasteiger partial charge >= 0.3 is 5.97 Å². The van der Waals surface area contributed by atoms with E-state index in [1.807, 2.05) is 66.1 Å². The van der Waals surface area contributed by atoms with Gasteiger partial charge in [-0.05, 0) is 78.7 Å². The summed E-state index contributed by atoms with van der Waals surface area (Å²) in [6, 6.07) is 15.6. The zero-order valence-electron chi connectivity index (χ0n) is 28.7. The molecule has 13 heteroatoms. The predicted molar refractivity (Wildman–Crippen MR) is 189 cm³/mol. The zero-order chi connectivity index (χ0) is 36.1. The SMILES string of the molecule is CC/C=C/N=C(\OC(CC#N)OC)c1cccc(-c2cccc3c2CCN3c2nc(C(F)F)nc3cc(CN4CC[C@@H](C(=O)O)C4)cnc23)c1C. The van der Waals surface area contributed by atoms with Crippen molar-refractivity contribution >= 4 is 34.4 Å². The molecule has 6 rings (SSSR count). The molecule has 0 amide bonds. The van der Waals surface area contributed by atoms with Crippen molar-refractivity contribution in [3.8, 4) is 17.2 Å². The highest BCUT2D eigenvalue weighted by atomic mass is 19.3. The Balaban J connectivity index is 1.37. The van der Waals surface area contributed by atoms with Gasteiger partial charge in [0.05, 0.1) is 23.9 Å². The number of rotatable bonds is 12. The lowest BCUT2D eigenvalue weighted by Crippen LogP contribution is -2.23. The summed E-state index contributed by atoms with van der Waals surface area (Å²) in [4.78, 5) is 33.2. The largest absolute Gasteiger partial charge is 0.481 e. The monoisotopic (exact) mass is 695 g/mol. The van der Waals surface area contributed by atoms with Gasteiger partial charge in [0.1, 0.15) is 5.52 Å². The van der Waals surface area contributed by atoms with Crippen LogP contribution in [0.5, 0.6) is 0 Å². The topological polar surface area (TPSA) is 137 Å². The van der Waals surface area contributed by atoms with E-state index in [1.54, 1.807) is 18.5 Å². The molecule has 0 saturated carbocycles. The van der Waals surface area contributed by atoms with Crippen molar-refractivity contribution in [1.29, 1.82) is 5.26 Å². The third-order valence-corrected chi connectivity index (χ3v) is 9.25. The number of nitrogens with zero attached hydrogens (tertiary/aromatic N) is 7. The number of allylic oxidation sites excluding steroid dienone is 1. The molecule has 2 aliphatic heterocycles. The number of aliphatic imine (C=N–C) groups is 1. The number of hydrogen-bond acceptors (Lipinski definition) is 10. The number of ether oxygens (including phenoxy) is 2. The lowest BCUT2D eigenvalue weighted by Gasteiger charge is -2.22. The molecule has 11 nitrogen and oxygen atoms in total. The van der Waals surface area contributed by atoms with Gasteiger partial charge in [0.2, 0.25) is 12.2 Å². The van der Waals surface area contributed by atoms with E-state index in [9.17, 15) is 23.9 Å². The summed E-state index contributed by atoms with van der Waals surface area (Å²) in [5.74, 6) is -1.17. The number of anilines is 2. The fraction of sp³-hybridized carbons (Fsp3) is 0.368. The molecule has 1 N–H and O–H groups in total. The third kappa shape index (κ3) is 7.57. The van der Waals surface area contributed by atoms with Crippen molar-refractivity contribution in [3.63, 3.8) is 0 Å². The van der Waals surface area contributed by atoms with Crippen molar-refractivity contribution in [2.75, 3.05) is 31.6 Å². The van der Waals surface area contributed by atoms with Crippen LogP contribution in [0.2, 0.25) is 0 Å². The number of alkyl halides is 2. The van der Waals surface area contributed by atoms with E-state index in [0.29, 0.717) is 61.8 Å².